The van der Waals surface area contributed by atoms with Gasteiger partial charge in [-0.25, -0.2) is 9.97 Å². The van der Waals surface area contributed by atoms with Gasteiger partial charge in [0.1, 0.15) is 11.4 Å². The van der Waals surface area contributed by atoms with E-state index in [4.69, 9.17) is 4.98 Å². The summed E-state index contributed by atoms with van der Waals surface area (Å²) in [6, 6.07) is 20.7. The summed E-state index contributed by atoms with van der Waals surface area (Å²) in [5, 5.41) is 7.21. The number of nitrogens with one attached hydrogen (secondary N) is 1. The molecule has 4 aromatic rings. The van der Waals surface area contributed by atoms with Crippen LogP contribution in [0.1, 0.15) is 11.4 Å². The number of pyridine rings is 2. The highest BCUT2D eigenvalue weighted by atomic mass is 19.4. The first-order valence-electron chi connectivity index (χ1n) is 10.3. The molecule has 3 aromatic heterocycles. The van der Waals surface area contributed by atoms with Crippen LogP contribution in [0.5, 0.6) is 0 Å². The molecule has 1 N–H and O–H groups in total. The molecule has 0 aliphatic carbocycles. The Morgan fingerprint density at radius 3 is 1.94 bits per heavy atom. The second-order valence-electron chi connectivity index (χ2n) is 7.67. The van der Waals surface area contributed by atoms with Crippen molar-refractivity contribution in [3.8, 4) is 33.9 Å². The highest BCUT2D eigenvalue weighted by Crippen LogP contribution is 2.33. The van der Waals surface area contributed by atoms with Crippen LogP contribution in [0.2, 0.25) is 0 Å². The summed E-state index contributed by atoms with van der Waals surface area (Å²) in [7, 11) is 0. The van der Waals surface area contributed by atoms with Crippen LogP contribution in [-0.4, -0.2) is 38.6 Å². The molecule has 0 bridgehead atoms. The van der Waals surface area contributed by atoms with E-state index in [0.29, 0.717) is 17.0 Å². The van der Waals surface area contributed by atoms with Crippen molar-refractivity contribution in [1.82, 2.24) is 20.2 Å². The second-order valence-corrected chi connectivity index (χ2v) is 7.67. The monoisotopic (exact) mass is 445 g/mol. The van der Waals surface area contributed by atoms with E-state index in [1.165, 1.54) is 0 Å². The maximum Gasteiger partial charge on any atom is 0.432 e. The first-order valence-corrected chi connectivity index (χ1v) is 10.3. The number of nitrogens with zero attached hydrogens (tertiary/aromatic N) is 4. The number of aromatic amines is 1. The Kier molecular flexibility index (Phi) is 5.12. The van der Waals surface area contributed by atoms with Gasteiger partial charge in [0.15, 0.2) is 0 Å². The van der Waals surface area contributed by atoms with Gasteiger partial charge in [-0.3, -0.25) is 10.1 Å². The Balaban J connectivity index is 1.53. The van der Waals surface area contributed by atoms with Crippen molar-refractivity contribution in [3.63, 3.8) is 0 Å². The fraction of sp³-hybridized carbons (Fsp3) is 0.120. The summed E-state index contributed by atoms with van der Waals surface area (Å²) in [4.78, 5) is 13.1. The van der Waals surface area contributed by atoms with Crippen LogP contribution in [0.15, 0.2) is 77.8 Å². The Labute approximate surface area is 187 Å². The third kappa shape index (κ3) is 4.19. The topological polar surface area (TPSA) is 66.8 Å². The van der Waals surface area contributed by atoms with E-state index in [9.17, 15) is 13.2 Å². The first-order chi connectivity index (χ1) is 15.9. The van der Waals surface area contributed by atoms with E-state index in [-0.39, 0.29) is 6.54 Å². The Hall–Kier alpha value is -4.07. The van der Waals surface area contributed by atoms with Gasteiger partial charge in [-0.1, -0.05) is 36.4 Å². The van der Waals surface area contributed by atoms with E-state index in [1.807, 2.05) is 61.5 Å². The lowest BCUT2D eigenvalue weighted by Crippen LogP contribution is -2.19. The van der Waals surface area contributed by atoms with E-state index in [0.717, 1.165) is 40.0 Å². The highest BCUT2D eigenvalue weighted by Gasteiger charge is 2.36. The molecule has 4 heterocycles. The van der Waals surface area contributed by atoms with Gasteiger partial charge in [0, 0.05) is 22.4 Å². The lowest BCUT2D eigenvalue weighted by Gasteiger charge is -2.11. The molecular formula is C25H18F3N5. The molecular weight excluding hydrogens is 427 g/mol. The van der Waals surface area contributed by atoms with Crippen LogP contribution in [0.25, 0.3) is 39.5 Å². The molecule has 1 aliphatic heterocycles. The third-order valence-corrected chi connectivity index (χ3v) is 5.30. The zero-order valence-corrected chi connectivity index (χ0v) is 17.6. The van der Waals surface area contributed by atoms with E-state index in [1.54, 1.807) is 12.1 Å². The molecule has 164 valence electrons. The number of aromatic nitrogens is 4. The zero-order chi connectivity index (χ0) is 23.0. The fourth-order valence-electron chi connectivity index (χ4n) is 3.72. The van der Waals surface area contributed by atoms with Gasteiger partial charge < -0.3 is 0 Å². The molecule has 5 nitrogen and oxygen atoms in total. The van der Waals surface area contributed by atoms with Crippen LogP contribution in [0.4, 0.5) is 13.2 Å². The zero-order valence-electron chi connectivity index (χ0n) is 17.6. The molecule has 33 heavy (non-hydrogen) atoms. The van der Waals surface area contributed by atoms with E-state index >= 15 is 0 Å². The van der Waals surface area contributed by atoms with Crippen molar-refractivity contribution in [1.29, 1.82) is 0 Å². The average molecular weight is 445 g/mol. The summed E-state index contributed by atoms with van der Waals surface area (Å²) in [5.74, 6) is 0. The van der Waals surface area contributed by atoms with Crippen molar-refractivity contribution in [2.75, 3.05) is 6.54 Å². The third-order valence-electron chi connectivity index (χ3n) is 5.30. The fourth-order valence-corrected chi connectivity index (χ4v) is 3.72. The number of allylic oxidation sites excluding steroid dienone is 1. The minimum Gasteiger partial charge on any atom is -0.282 e. The van der Waals surface area contributed by atoms with Gasteiger partial charge in [-0.05, 0) is 43.3 Å². The van der Waals surface area contributed by atoms with Crippen molar-refractivity contribution in [2.24, 2.45) is 4.99 Å². The van der Waals surface area contributed by atoms with Crippen LogP contribution in [0, 0.1) is 6.92 Å². The molecule has 0 amide bonds. The number of aryl methyl sites for hydroxylation is 1. The quantitative estimate of drug-likeness (QED) is 0.425. The predicted octanol–water partition coefficient (Wildman–Crippen LogP) is 5.91. The van der Waals surface area contributed by atoms with Crippen molar-refractivity contribution >= 4 is 11.3 Å². The van der Waals surface area contributed by atoms with Gasteiger partial charge in [-0.2, -0.15) is 18.3 Å². The molecule has 0 atom stereocenters. The van der Waals surface area contributed by atoms with Gasteiger partial charge >= 0.3 is 6.18 Å². The first kappa shape index (κ1) is 20.8. The van der Waals surface area contributed by atoms with Crippen molar-refractivity contribution in [3.05, 3.63) is 84.2 Å². The molecule has 8 heteroatoms. The highest BCUT2D eigenvalue weighted by molar-refractivity contribution is 6.07. The number of alkyl halides is 3. The molecule has 0 saturated heterocycles. The summed E-state index contributed by atoms with van der Waals surface area (Å²) < 4.78 is 38.9. The summed E-state index contributed by atoms with van der Waals surface area (Å²) in [5.41, 5.74) is 5.56. The number of H-pyrrole nitrogens is 1. The second kappa shape index (κ2) is 8.12. The maximum atomic E-state index is 13.0. The van der Waals surface area contributed by atoms with Gasteiger partial charge in [-0.15, -0.1) is 0 Å². The van der Waals surface area contributed by atoms with Crippen molar-refractivity contribution < 1.29 is 13.2 Å². The Morgan fingerprint density at radius 2 is 1.36 bits per heavy atom. The lowest BCUT2D eigenvalue weighted by molar-refractivity contribution is -0.0576. The normalized spacial score (nSPS) is 13.7. The SMILES string of the molecule is Cc1cc(-c2cccc(-c3ccccc3-c3cccc(C4=CC(C(F)(F)F)=NC4)n3)n2)n[nH]1. The minimum atomic E-state index is -4.46. The molecule has 0 saturated carbocycles. The van der Waals surface area contributed by atoms with Crippen LogP contribution in [-0.2, 0) is 0 Å². The summed E-state index contributed by atoms with van der Waals surface area (Å²) in [6.07, 6.45) is -3.40. The number of benzene rings is 1. The van der Waals surface area contributed by atoms with Gasteiger partial charge in [0.05, 0.1) is 29.3 Å². The average Bonchev–Trinajstić information content (AvgIpc) is 3.49. The van der Waals surface area contributed by atoms with E-state index in [2.05, 4.69) is 20.2 Å². The Morgan fingerprint density at radius 1 is 0.758 bits per heavy atom. The minimum absolute atomic E-state index is 0.0420. The smallest absolute Gasteiger partial charge is 0.282 e. The van der Waals surface area contributed by atoms with Crippen molar-refractivity contribution in [2.45, 2.75) is 13.1 Å². The number of aliphatic imine (C=N–C) groups is 1. The lowest BCUT2D eigenvalue weighted by atomic mass is 10.00. The molecule has 0 radical (unpaired) electrons. The number of hydrogen-bond acceptors (Lipinski definition) is 4. The molecule has 1 aromatic carbocycles. The standard InChI is InChI=1S/C25H18F3N5/c1-15-12-23(33-32-15)22-11-5-10-21(31-22)18-7-3-2-6-17(18)20-9-4-8-19(30-20)16-13-24(29-14-16)25(26,27)28/h2-13H,14H2,1H3,(H,32,33). The van der Waals surface area contributed by atoms with Gasteiger partial charge in [0.25, 0.3) is 0 Å². The Bertz CT molecular complexity index is 1400. The van der Waals surface area contributed by atoms with E-state index < -0.39 is 11.9 Å². The molecule has 0 fully saturated rings. The molecule has 0 spiro atoms. The molecule has 5 rings (SSSR count). The largest absolute Gasteiger partial charge is 0.432 e. The summed E-state index contributed by atoms with van der Waals surface area (Å²) >= 11 is 0. The number of halogens is 3. The van der Waals surface area contributed by atoms with Gasteiger partial charge in [0.2, 0.25) is 0 Å². The molecule has 0 unspecified atom stereocenters. The molecule has 1 aliphatic rings. The maximum absolute atomic E-state index is 13.0. The van der Waals surface area contributed by atoms with Crippen LogP contribution in [0.3, 0.4) is 0 Å². The van der Waals surface area contributed by atoms with Crippen LogP contribution >= 0.6 is 0 Å². The predicted molar refractivity (Wildman–Crippen MR) is 122 cm³/mol. The number of rotatable bonds is 4. The summed E-state index contributed by atoms with van der Waals surface area (Å²) in [6.45, 7) is 1.89. The van der Waals surface area contributed by atoms with Crippen LogP contribution < -0.4 is 0 Å². The number of hydrogen-bond donors (Lipinski definition) is 1.